The van der Waals surface area contributed by atoms with E-state index in [0.29, 0.717) is 19.6 Å². The van der Waals surface area contributed by atoms with Crippen LogP contribution in [0.3, 0.4) is 0 Å². The average Bonchev–Trinajstić information content (AvgIpc) is 2.87. The molecule has 1 N–H and O–H groups in total. The zero-order chi connectivity index (χ0) is 14.8. The van der Waals surface area contributed by atoms with Gasteiger partial charge in [0.25, 0.3) is 0 Å². The van der Waals surface area contributed by atoms with E-state index in [-0.39, 0.29) is 5.75 Å². The number of nitrogens with zero attached hydrogens (tertiary/aromatic N) is 3. The molecule has 1 aromatic heterocycles. The maximum absolute atomic E-state index is 12.0. The zero-order valence-electron chi connectivity index (χ0n) is 12.0. The third-order valence-corrected chi connectivity index (χ3v) is 6.75. The highest BCUT2D eigenvalue weighted by Gasteiger charge is 2.40. The molecule has 1 saturated heterocycles. The van der Waals surface area contributed by atoms with Gasteiger partial charge in [0.1, 0.15) is 5.01 Å². The molecule has 1 aromatic rings. The van der Waals surface area contributed by atoms with Gasteiger partial charge in [-0.3, -0.25) is 4.99 Å². The predicted octanol–water partition coefficient (Wildman–Crippen LogP) is 0.727. The van der Waals surface area contributed by atoms with Crippen LogP contribution < -0.4 is 5.32 Å². The minimum absolute atomic E-state index is 0.165. The van der Waals surface area contributed by atoms with Crippen molar-refractivity contribution in [3.63, 3.8) is 0 Å². The summed E-state index contributed by atoms with van der Waals surface area (Å²) in [5.74, 6) is 0.890. The fraction of sp³-hybridized carbons (Fsp3) is 0.667. The molecule has 0 aliphatic carbocycles. The Labute approximate surface area is 123 Å². The van der Waals surface area contributed by atoms with Gasteiger partial charge in [-0.2, -0.15) is 0 Å². The Balaban J connectivity index is 2.03. The fourth-order valence-corrected chi connectivity index (χ4v) is 4.07. The van der Waals surface area contributed by atoms with Crippen molar-refractivity contribution in [3.05, 3.63) is 16.6 Å². The fourth-order valence-electron chi connectivity index (χ4n) is 2.15. The summed E-state index contributed by atoms with van der Waals surface area (Å²) in [6.45, 7) is 5.06. The second kappa shape index (κ2) is 5.69. The Morgan fingerprint density at radius 3 is 2.90 bits per heavy atom. The molecule has 0 unspecified atom stereocenters. The molecule has 0 amide bonds. The van der Waals surface area contributed by atoms with Gasteiger partial charge in [-0.05, 0) is 13.8 Å². The van der Waals surface area contributed by atoms with Crippen LogP contribution in [0.25, 0.3) is 0 Å². The van der Waals surface area contributed by atoms with Crippen LogP contribution in [-0.2, 0) is 16.4 Å². The molecule has 20 heavy (non-hydrogen) atoms. The molecule has 1 aliphatic heterocycles. The maximum atomic E-state index is 12.0. The van der Waals surface area contributed by atoms with E-state index in [1.807, 2.05) is 10.3 Å². The Hall–Kier alpha value is -1.15. The van der Waals surface area contributed by atoms with Crippen LogP contribution >= 0.6 is 11.3 Å². The number of aromatic nitrogens is 1. The molecule has 0 spiro atoms. The van der Waals surface area contributed by atoms with Crippen molar-refractivity contribution in [1.29, 1.82) is 0 Å². The smallest absolute Gasteiger partial charge is 0.194 e. The van der Waals surface area contributed by atoms with Crippen molar-refractivity contribution in [2.75, 3.05) is 25.9 Å². The summed E-state index contributed by atoms with van der Waals surface area (Å²) in [6.07, 6.45) is 1.76. The average molecular weight is 316 g/mol. The Kier molecular flexibility index (Phi) is 4.33. The highest BCUT2D eigenvalue weighted by Crippen LogP contribution is 2.23. The van der Waals surface area contributed by atoms with Crippen molar-refractivity contribution >= 4 is 27.1 Å². The molecule has 8 heteroatoms. The van der Waals surface area contributed by atoms with E-state index in [1.165, 1.54) is 0 Å². The van der Waals surface area contributed by atoms with Gasteiger partial charge in [0.05, 0.1) is 17.0 Å². The summed E-state index contributed by atoms with van der Waals surface area (Å²) < 4.78 is 23.3. The number of hydrogen-bond acceptors (Lipinski definition) is 5. The first-order valence-corrected chi connectivity index (χ1v) is 8.95. The van der Waals surface area contributed by atoms with Crippen molar-refractivity contribution in [3.8, 4) is 0 Å². The van der Waals surface area contributed by atoms with Crippen molar-refractivity contribution in [2.24, 2.45) is 4.99 Å². The van der Waals surface area contributed by atoms with Crippen LogP contribution in [-0.4, -0.2) is 54.9 Å². The highest BCUT2D eigenvalue weighted by atomic mass is 32.2. The van der Waals surface area contributed by atoms with Crippen LogP contribution in [0, 0.1) is 0 Å². The third kappa shape index (κ3) is 3.12. The first kappa shape index (κ1) is 15.2. The SMILES string of the molecule is CN=C(NCc1nccs1)N1CCS(=O)(=O)C(C)(C)C1. The largest absolute Gasteiger partial charge is 0.350 e. The van der Waals surface area contributed by atoms with Gasteiger partial charge < -0.3 is 10.2 Å². The molecule has 2 heterocycles. The normalized spacial score (nSPS) is 21.8. The molecule has 1 fully saturated rings. The van der Waals surface area contributed by atoms with Crippen molar-refractivity contribution < 1.29 is 8.42 Å². The molecule has 1 aliphatic rings. The van der Waals surface area contributed by atoms with Crippen LogP contribution in [0.1, 0.15) is 18.9 Å². The van der Waals surface area contributed by atoms with Gasteiger partial charge >= 0.3 is 0 Å². The summed E-state index contributed by atoms with van der Waals surface area (Å²) in [7, 11) is -1.32. The summed E-state index contributed by atoms with van der Waals surface area (Å²) >= 11 is 1.58. The van der Waals surface area contributed by atoms with Gasteiger partial charge in [0.15, 0.2) is 15.8 Å². The molecule has 112 valence electrons. The number of thiazole rings is 1. The van der Waals surface area contributed by atoms with Crippen LogP contribution in [0.2, 0.25) is 0 Å². The van der Waals surface area contributed by atoms with Crippen molar-refractivity contribution in [1.82, 2.24) is 15.2 Å². The minimum Gasteiger partial charge on any atom is -0.350 e. The molecular formula is C12H20N4O2S2. The molecule has 6 nitrogen and oxygen atoms in total. The Bertz CT molecular complexity index is 579. The maximum Gasteiger partial charge on any atom is 0.194 e. The van der Waals surface area contributed by atoms with E-state index in [4.69, 9.17) is 0 Å². The zero-order valence-corrected chi connectivity index (χ0v) is 13.6. The molecule has 0 atom stereocenters. The number of hydrogen-bond donors (Lipinski definition) is 1. The number of guanidine groups is 1. The van der Waals surface area contributed by atoms with Crippen molar-refractivity contribution in [2.45, 2.75) is 25.1 Å². The molecule has 0 bridgehead atoms. The summed E-state index contributed by atoms with van der Waals surface area (Å²) in [5.41, 5.74) is 0. The molecule has 2 rings (SSSR count). The monoisotopic (exact) mass is 316 g/mol. The van der Waals surface area contributed by atoms with E-state index < -0.39 is 14.6 Å². The number of rotatable bonds is 2. The minimum atomic E-state index is -3.03. The van der Waals surface area contributed by atoms with Crippen LogP contribution in [0.15, 0.2) is 16.6 Å². The molecule has 0 aromatic carbocycles. The summed E-state index contributed by atoms with van der Waals surface area (Å²) in [5, 5.41) is 6.14. The van der Waals surface area contributed by atoms with Gasteiger partial charge in [-0.25, -0.2) is 13.4 Å². The molecule has 0 saturated carbocycles. The van der Waals surface area contributed by atoms with E-state index in [1.54, 1.807) is 38.4 Å². The second-order valence-corrected chi connectivity index (χ2v) is 9.05. The third-order valence-electron chi connectivity index (χ3n) is 3.44. The number of nitrogens with one attached hydrogen (secondary N) is 1. The summed E-state index contributed by atoms with van der Waals surface area (Å²) in [6, 6.07) is 0. The van der Waals surface area contributed by atoms with Gasteiger partial charge in [0, 0.05) is 31.7 Å². The van der Waals surface area contributed by atoms with E-state index in [9.17, 15) is 8.42 Å². The summed E-state index contributed by atoms with van der Waals surface area (Å²) in [4.78, 5) is 10.4. The van der Waals surface area contributed by atoms with Crippen LogP contribution in [0.5, 0.6) is 0 Å². The lowest BCUT2D eigenvalue weighted by Gasteiger charge is -2.39. The molecule has 0 radical (unpaired) electrons. The van der Waals surface area contributed by atoms with Crippen LogP contribution in [0.4, 0.5) is 0 Å². The van der Waals surface area contributed by atoms with E-state index in [2.05, 4.69) is 15.3 Å². The van der Waals surface area contributed by atoms with Gasteiger partial charge in [0.2, 0.25) is 0 Å². The second-order valence-electron chi connectivity index (χ2n) is 5.33. The van der Waals surface area contributed by atoms with Gasteiger partial charge in [-0.1, -0.05) is 0 Å². The standard InChI is InChI=1S/C12H20N4O2S2/c1-12(2)9-16(5-7-20(12,17)18)11(13-3)15-8-10-14-4-6-19-10/h4,6H,5,7-9H2,1-3H3,(H,13,15). The van der Waals surface area contributed by atoms with E-state index >= 15 is 0 Å². The lowest BCUT2D eigenvalue weighted by molar-refractivity contribution is 0.353. The topological polar surface area (TPSA) is 74.7 Å². The Morgan fingerprint density at radius 2 is 2.35 bits per heavy atom. The first-order chi connectivity index (χ1) is 9.36. The van der Waals surface area contributed by atoms with E-state index in [0.717, 1.165) is 11.0 Å². The lowest BCUT2D eigenvalue weighted by Crippen LogP contribution is -2.57. The number of aliphatic imine (C=N–C) groups is 1. The lowest BCUT2D eigenvalue weighted by atomic mass is 10.2. The quantitative estimate of drug-likeness (QED) is 0.643. The van der Waals surface area contributed by atoms with Gasteiger partial charge in [-0.15, -0.1) is 11.3 Å². The predicted molar refractivity (Wildman–Crippen MR) is 81.8 cm³/mol. The number of sulfone groups is 1. The molecular weight excluding hydrogens is 296 g/mol. The first-order valence-electron chi connectivity index (χ1n) is 6.42. The Morgan fingerprint density at radius 1 is 1.60 bits per heavy atom. The highest BCUT2D eigenvalue weighted by molar-refractivity contribution is 7.92.